The summed E-state index contributed by atoms with van der Waals surface area (Å²) in [5.41, 5.74) is 1.79. The lowest BCUT2D eigenvalue weighted by molar-refractivity contribution is -0.143. The van der Waals surface area contributed by atoms with E-state index in [1.165, 1.54) is 23.5 Å². The maximum absolute atomic E-state index is 13.0. The topological polar surface area (TPSA) is 77.5 Å². The molecule has 0 bridgehead atoms. The van der Waals surface area contributed by atoms with E-state index >= 15 is 0 Å². The van der Waals surface area contributed by atoms with Crippen molar-refractivity contribution in [3.8, 4) is 16.3 Å². The molecule has 0 aliphatic heterocycles. The van der Waals surface area contributed by atoms with Crippen molar-refractivity contribution in [1.29, 1.82) is 0 Å². The number of ether oxygens (including phenoxy) is 2. The van der Waals surface area contributed by atoms with Crippen LogP contribution >= 0.6 is 11.3 Å². The van der Waals surface area contributed by atoms with E-state index in [0.717, 1.165) is 5.56 Å². The van der Waals surface area contributed by atoms with Crippen LogP contribution in [0.25, 0.3) is 10.6 Å². The fraction of sp³-hybridized carbons (Fsp3) is 0.190. The van der Waals surface area contributed by atoms with Crippen LogP contribution in [0.3, 0.4) is 0 Å². The summed E-state index contributed by atoms with van der Waals surface area (Å²) in [5, 5.41) is 4.99. The van der Waals surface area contributed by atoms with Crippen LogP contribution in [0, 0.1) is 5.82 Å². The van der Waals surface area contributed by atoms with Crippen molar-refractivity contribution in [3.63, 3.8) is 0 Å². The number of aromatic nitrogens is 1. The molecule has 29 heavy (non-hydrogen) atoms. The van der Waals surface area contributed by atoms with Crippen molar-refractivity contribution in [2.75, 3.05) is 13.2 Å². The molecule has 150 valence electrons. The molecule has 0 aliphatic carbocycles. The molecule has 0 fully saturated rings. The number of hydrogen-bond donors (Lipinski definition) is 1. The van der Waals surface area contributed by atoms with Crippen LogP contribution < -0.4 is 10.1 Å². The number of rotatable bonds is 8. The summed E-state index contributed by atoms with van der Waals surface area (Å²) in [6, 6.07) is 12.6. The summed E-state index contributed by atoms with van der Waals surface area (Å²) in [6.45, 7) is 2.17. The maximum atomic E-state index is 13.0. The molecule has 1 aromatic heterocycles. The molecule has 1 heterocycles. The Morgan fingerprint density at radius 3 is 2.52 bits per heavy atom. The van der Waals surface area contributed by atoms with Crippen LogP contribution in [-0.4, -0.2) is 30.0 Å². The van der Waals surface area contributed by atoms with E-state index in [-0.39, 0.29) is 24.9 Å². The average molecular weight is 414 g/mol. The number of halogens is 1. The Morgan fingerprint density at radius 1 is 1.10 bits per heavy atom. The van der Waals surface area contributed by atoms with Gasteiger partial charge in [-0.05, 0) is 55.5 Å². The molecule has 8 heteroatoms. The van der Waals surface area contributed by atoms with Gasteiger partial charge >= 0.3 is 5.97 Å². The fourth-order valence-electron chi connectivity index (χ4n) is 2.43. The Morgan fingerprint density at radius 2 is 1.83 bits per heavy atom. The first-order chi connectivity index (χ1) is 14.0. The molecular weight excluding hydrogens is 395 g/mol. The number of nitrogens with one attached hydrogen (secondary N) is 1. The third kappa shape index (κ3) is 5.86. The summed E-state index contributed by atoms with van der Waals surface area (Å²) in [5.74, 6) is -0.587. The third-order valence-corrected chi connectivity index (χ3v) is 4.78. The van der Waals surface area contributed by atoms with Gasteiger partial charge in [0.1, 0.15) is 29.7 Å². The lowest BCUT2D eigenvalue weighted by atomic mass is 10.2. The summed E-state index contributed by atoms with van der Waals surface area (Å²) in [7, 11) is 0. The van der Waals surface area contributed by atoms with E-state index in [4.69, 9.17) is 9.47 Å². The first-order valence-electron chi connectivity index (χ1n) is 8.92. The minimum absolute atomic E-state index is 0.00451. The number of nitrogens with zero attached hydrogens (tertiary/aromatic N) is 1. The van der Waals surface area contributed by atoms with E-state index in [1.807, 2.05) is 6.92 Å². The number of carbonyl (C=O) groups excluding carboxylic acids is 2. The summed E-state index contributed by atoms with van der Waals surface area (Å²) < 4.78 is 23.5. The molecule has 0 atom stereocenters. The van der Waals surface area contributed by atoms with Gasteiger partial charge in [0.25, 0.3) is 5.91 Å². The fourth-order valence-corrected chi connectivity index (χ4v) is 3.24. The molecule has 0 spiro atoms. The van der Waals surface area contributed by atoms with E-state index in [0.29, 0.717) is 28.6 Å². The van der Waals surface area contributed by atoms with Crippen LogP contribution in [-0.2, 0) is 16.1 Å². The summed E-state index contributed by atoms with van der Waals surface area (Å²) in [4.78, 5) is 28.3. The molecule has 0 unspecified atom stereocenters. The monoisotopic (exact) mass is 414 g/mol. The van der Waals surface area contributed by atoms with Crippen LogP contribution in [0.1, 0.15) is 23.0 Å². The van der Waals surface area contributed by atoms with Gasteiger partial charge < -0.3 is 14.8 Å². The van der Waals surface area contributed by atoms with Gasteiger partial charge in [-0.2, -0.15) is 0 Å². The number of amides is 1. The van der Waals surface area contributed by atoms with Crippen LogP contribution in [0.2, 0.25) is 0 Å². The molecular formula is C21H19FN2O4S. The van der Waals surface area contributed by atoms with E-state index in [1.54, 1.807) is 41.8 Å². The lowest BCUT2D eigenvalue weighted by Gasteiger charge is -2.07. The van der Waals surface area contributed by atoms with E-state index in [9.17, 15) is 14.0 Å². The molecule has 0 saturated heterocycles. The zero-order valence-electron chi connectivity index (χ0n) is 15.7. The molecule has 0 radical (unpaired) electrons. The van der Waals surface area contributed by atoms with Gasteiger partial charge in [0, 0.05) is 16.5 Å². The number of benzene rings is 2. The highest BCUT2D eigenvalue weighted by Crippen LogP contribution is 2.24. The van der Waals surface area contributed by atoms with Crippen molar-refractivity contribution >= 4 is 23.2 Å². The zero-order valence-corrected chi connectivity index (χ0v) is 16.5. The van der Waals surface area contributed by atoms with Crippen LogP contribution in [0.4, 0.5) is 4.39 Å². The highest BCUT2D eigenvalue weighted by Gasteiger charge is 2.11. The van der Waals surface area contributed by atoms with Gasteiger partial charge in [-0.3, -0.25) is 9.59 Å². The van der Waals surface area contributed by atoms with Crippen molar-refractivity contribution in [2.24, 2.45) is 0 Å². The van der Waals surface area contributed by atoms with Gasteiger partial charge in [0.2, 0.25) is 0 Å². The molecule has 3 rings (SSSR count). The molecule has 2 aromatic carbocycles. The number of hydrogen-bond acceptors (Lipinski definition) is 6. The number of thiazole rings is 1. The highest BCUT2D eigenvalue weighted by molar-refractivity contribution is 7.13. The second-order valence-corrected chi connectivity index (χ2v) is 6.81. The van der Waals surface area contributed by atoms with E-state index < -0.39 is 5.97 Å². The first-order valence-corrected chi connectivity index (χ1v) is 9.80. The zero-order chi connectivity index (χ0) is 20.6. The van der Waals surface area contributed by atoms with Gasteiger partial charge in [0.05, 0.1) is 12.3 Å². The molecule has 0 aliphatic rings. The Kier molecular flexibility index (Phi) is 6.91. The van der Waals surface area contributed by atoms with Crippen molar-refractivity contribution in [2.45, 2.75) is 13.5 Å². The minimum atomic E-state index is -0.569. The van der Waals surface area contributed by atoms with Gasteiger partial charge in [-0.1, -0.05) is 0 Å². The second-order valence-electron chi connectivity index (χ2n) is 5.95. The Bertz CT molecular complexity index is 971. The molecule has 1 amide bonds. The van der Waals surface area contributed by atoms with Gasteiger partial charge in [-0.15, -0.1) is 11.3 Å². The molecule has 6 nitrogen and oxygen atoms in total. The first kappa shape index (κ1) is 20.5. The summed E-state index contributed by atoms with van der Waals surface area (Å²) >= 11 is 1.38. The molecule has 0 saturated carbocycles. The smallest absolute Gasteiger partial charge is 0.325 e. The molecule has 3 aromatic rings. The van der Waals surface area contributed by atoms with Crippen molar-refractivity contribution < 1.29 is 23.5 Å². The van der Waals surface area contributed by atoms with Crippen molar-refractivity contribution in [1.82, 2.24) is 10.3 Å². The molecule has 1 N–H and O–H groups in total. The predicted molar refractivity (Wildman–Crippen MR) is 107 cm³/mol. The van der Waals surface area contributed by atoms with E-state index in [2.05, 4.69) is 10.3 Å². The largest absolute Gasteiger partial charge is 0.494 e. The normalized spacial score (nSPS) is 10.4. The highest BCUT2D eigenvalue weighted by atomic mass is 32.1. The van der Waals surface area contributed by atoms with Crippen LogP contribution in [0.15, 0.2) is 53.9 Å². The quantitative estimate of drug-likeness (QED) is 0.567. The summed E-state index contributed by atoms with van der Waals surface area (Å²) in [6.07, 6.45) is 0. The SMILES string of the molecule is CCOc1ccc(C(=O)NCC(=O)OCc2csc(-c3ccc(F)cc3)n2)cc1. The number of carbonyl (C=O) groups is 2. The minimum Gasteiger partial charge on any atom is -0.494 e. The third-order valence-electron chi connectivity index (χ3n) is 3.84. The van der Waals surface area contributed by atoms with Crippen LogP contribution in [0.5, 0.6) is 5.75 Å². The van der Waals surface area contributed by atoms with Crippen molar-refractivity contribution in [3.05, 3.63) is 71.0 Å². The second kappa shape index (κ2) is 9.79. The Hall–Kier alpha value is -3.26. The van der Waals surface area contributed by atoms with Gasteiger partial charge in [-0.25, -0.2) is 9.37 Å². The standard InChI is InChI=1S/C21H19FN2O4S/c1-2-27-18-9-5-14(6-10-18)20(26)23-11-19(25)28-12-17-13-29-21(24-17)15-3-7-16(22)8-4-15/h3-10,13H,2,11-12H2,1H3,(H,23,26). The van der Waals surface area contributed by atoms with Gasteiger partial charge in [0.15, 0.2) is 0 Å². The maximum Gasteiger partial charge on any atom is 0.325 e. The Balaban J connectivity index is 1.45. The Labute approximate surface area is 171 Å². The predicted octanol–water partition coefficient (Wildman–Crippen LogP) is 3.82. The number of esters is 1. The lowest BCUT2D eigenvalue weighted by Crippen LogP contribution is -2.30. The average Bonchev–Trinajstić information content (AvgIpc) is 3.21.